The Morgan fingerprint density at radius 2 is 1.63 bits per heavy atom. The Bertz CT molecular complexity index is 2390. The summed E-state index contributed by atoms with van der Waals surface area (Å²) in [4.78, 5) is 22.3. The first kappa shape index (κ1) is 47.6. The van der Waals surface area contributed by atoms with E-state index in [1.165, 1.54) is 12.7 Å². The zero-order chi connectivity index (χ0) is 46.8. The van der Waals surface area contributed by atoms with Gasteiger partial charge >= 0.3 is 6.09 Å². The number of benzene rings is 4. The van der Waals surface area contributed by atoms with Crippen LogP contribution < -0.4 is 18.9 Å². The zero-order valence-corrected chi connectivity index (χ0v) is 38.9. The van der Waals surface area contributed by atoms with E-state index in [1.807, 2.05) is 72.8 Å². The maximum absolute atomic E-state index is 15.0. The van der Waals surface area contributed by atoms with Gasteiger partial charge in [0.05, 0.1) is 31.5 Å². The molecular weight excluding hydrogens is 853 g/mol. The fourth-order valence-corrected chi connectivity index (χ4v) is 10.3. The molecule has 0 aromatic heterocycles. The number of carbonyl (C=O) groups excluding carboxylic acids is 1. The van der Waals surface area contributed by atoms with Crippen LogP contribution in [0.25, 0.3) is 0 Å². The molecule has 0 saturated heterocycles. The highest BCUT2D eigenvalue weighted by atomic mass is 16.7. The van der Waals surface area contributed by atoms with Crippen molar-refractivity contribution in [1.82, 2.24) is 4.90 Å². The van der Waals surface area contributed by atoms with Gasteiger partial charge in [0.15, 0.2) is 11.5 Å². The molecule has 2 heterocycles. The Labute approximate surface area is 393 Å². The Kier molecular flexibility index (Phi) is 15.8. The predicted octanol–water partition coefficient (Wildman–Crippen LogP) is 9.94. The normalized spacial score (nSPS) is 22.8. The smallest absolute Gasteiger partial charge is 0.410 e. The third-order valence-corrected chi connectivity index (χ3v) is 13.5. The van der Waals surface area contributed by atoms with E-state index in [0.29, 0.717) is 48.2 Å². The average Bonchev–Trinajstić information content (AvgIpc) is 3.81. The minimum absolute atomic E-state index is 0.00217. The SMILES string of the molecule is C=CCO[C@@]12Oc3ccc(Oc4ccc(C)c(C)c4)cc3[C@H]3[C@H](CCCCO)[C@@H](CCCCO)C=C(C(=NOC)C[C@@H]1N(Cc1ccc4c(c1)OCO4)C(=O)OCCOCc1ccccc1)[C@H]32. The van der Waals surface area contributed by atoms with E-state index >= 15 is 0 Å². The van der Waals surface area contributed by atoms with Crippen molar-refractivity contribution in [2.45, 2.75) is 89.7 Å². The maximum atomic E-state index is 15.0. The summed E-state index contributed by atoms with van der Waals surface area (Å²) in [6, 6.07) is 26.7. The lowest BCUT2D eigenvalue weighted by atomic mass is 9.55. The molecule has 67 heavy (non-hydrogen) atoms. The topological polar surface area (TPSA) is 147 Å². The average molecular weight is 917 g/mol. The maximum Gasteiger partial charge on any atom is 0.410 e. The van der Waals surface area contributed by atoms with Crippen LogP contribution in [0.15, 0.2) is 114 Å². The molecule has 2 aliphatic carbocycles. The van der Waals surface area contributed by atoms with Gasteiger partial charge in [0.1, 0.15) is 37.0 Å². The number of unbranched alkanes of at least 4 members (excludes halogenated alkanes) is 2. The molecule has 4 aromatic carbocycles. The lowest BCUT2D eigenvalue weighted by Crippen LogP contribution is -2.70. The van der Waals surface area contributed by atoms with Crippen LogP contribution in [0.2, 0.25) is 0 Å². The lowest BCUT2D eigenvalue weighted by molar-refractivity contribution is -0.256. The minimum Gasteiger partial charge on any atom is -0.459 e. The van der Waals surface area contributed by atoms with Gasteiger partial charge in [0.2, 0.25) is 12.6 Å². The second-order valence-corrected chi connectivity index (χ2v) is 17.8. The molecule has 13 heteroatoms. The molecule has 4 aromatic rings. The number of aryl methyl sites for hydroxylation is 2. The van der Waals surface area contributed by atoms with Crippen LogP contribution in [-0.2, 0) is 32.2 Å². The van der Waals surface area contributed by atoms with E-state index in [0.717, 1.165) is 59.3 Å². The van der Waals surface area contributed by atoms with E-state index < -0.39 is 23.8 Å². The number of oxime groups is 1. The van der Waals surface area contributed by atoms with Crippen LogP contribution in [0, 0.1) is 31.6 Å². The zero-order valence-electron chi connectivity index (χ0n) is 38.9. The second kappa shape index (κ2) is 22.3. The van der Waals surface area contributed by atoms with Gasteiger partial charge in [-0.15, -0.1) is 6.58 Å². The van der Waals surface area contributed by atoms with Gasteiger partial charge in [-0.05, 0) is 122 Å². The third kappa shape index (κ3) is 10.7. The van der Waals surface area contributed by atoms with Crippen molar-refractivity contribution >= 4 is 11.8 Å². The van der Waals surface area contributed by atoms with Gasteiger partial charge in [0, 0.05) is 37.7 Å². The molecule has 0 radical (unpaired) electrons. The number of rotatable bonds is 22. The van der Waals surface area contributed by atoms with Crippen molar-refractivity contribution in [2.75, 3.05) is 46.9 Å². The van der Waals surface area contributed by atoms with E-state index in [1.54, 1.807) is 11.0 Å². The Morgan fingerprint density at radius 1 is 0.866 bits per heavy atom. The first-order valence-electron chi connectivity index (χ1n) is 23.6. The van der Waals surface area contributed by atoms with Crippen LogP contribution in [0.1, 0.15) is 78.7 Å². The summed E-state index contributed by atoms with van der Waals surface area (Å²) in [5.41, 5.74) is 6.65. The number of ether oxygens (including phenoxy) is 7. The predicted molar refractivity (Wildman–Crippen MR) is 254 cm³/mol. The summed E-state index contributed by atoms with van der Waals surface area (Å²) in [6.45, 7) is 9.27. The molecule has 8 rings (SSSR count). The molecule has 6 atom stereocenters. The van der Waals surface area contributed by atoms with Gasteiger partial charge < -0.3 is 48.2 Å². The van der Waals surface area contributed by atoms with Crippen molar-refractivity contribution in [1.29, 1.82) is 0 Å². The van der Waals surface area contributed by atoms with Crippen molar-refractivity contribution in [3.63, 3.8) is 0 Å². The number of carbonyl (C=O) groups is 1. The monoisotopic (exact) mass is 916 g/mol. The molecule has 13 nitrogen and oxygen atoms in total. The summed E-state index contributed by atoms with van der Waals surface area (Å²) < 4.78 is 44.7. The van der Waals surface area contributed by atoms with Gasteiger partial charge in [-0.3, -0.25) is 4.90 Å². The van der Waals surface area contributed by atoms with E-state index in [-0.39, 0.29) is 70.5 Å². The highest BCUT2D eigenvalue weighted by Crippen LogP contribution is 2.62. The highest BCUT2D eigenvalue weighted by molar-refractivity contribution is 6.03. The molecular formula is C54H64N2O11. The number of hydrogen-bond acceptors (Lipinski definition) is 12. The number of fused-ring (bicyclic) bond motifs is 3. The molecule has 0 spiro atoms. The third-order valence-electron chi connectivity index (χ3n) is 13.5. The van der Waals surface area contributed by atoms with E-state index in [4.69, 9.17) is 43.2 Å². The van der Waals surface area contributed by atoms with E-state index in [9.17, 15) is 15.0 Å². The van der Waals surface area contributed by atoms with Gasteiger partial charge in [0.25, 0.3) is 0 Å². The van der Waals surface area contributed by atoms with Crippen LogP contribution in [0.5, 0.6) is 28.7 Å². The number of amides is 1. The first-order chi connectivity index (χ1) is 32.8. The number of aliphatic hydroxyl groups excluding tert-OH is 2. The summed E-state index contributed by atoms with van der Waals surface area (Å²) in [7, 11) is 1.53. The standard InChI is InChI=1S/C54H64N2O11/c1-5-25-65-54-50(56(33-39-18-21-48-49(29-39)64-35-63-48)53(59)62-27-26-61-34-38-13-7-6-8-14-38)32-46(55-60-4)44-30-40(15-9-11-23-57)43(16-10-12-24-58)51(52(44)54)45-31-42(20-22-47(45)67-54)66-41-19-17-36(2)37(3)28-41/h5-8,13-14,17-22,28-31,40,43,50-52,57-58H,1,9-12,15-16,23-27,32-35H2,2-4H3/t40-,43+,50-,51+,52+,54+/m0/s1. The molecule has 2 aliphatic heterocycles. The molecule has 1 saturated carbocycles. The Hall–Kier alpha value is -5.86. The summed E-state index contributed by atoms with van der Waals surface area (Å²) in [6.07, 6.45) is 8.18. The van der Waals surface area contributed by atoms with E-state index in [2.05, 4.69) is 38.6 Å². The Balaban J connectivity index is 1.25. The second-order valence-electron chi connectivity index (χ2n) is 17.8. The van der Waals surface area contributed by atoms with Crippen molar-refractivity contribution in [3.05, 3.63) is 137 Å². The Morgan fingerprint density at radius 3 is 2.40 bits per heavy atom. The largest absolute Gasteiger partial charge is 0.459 e. The van der Waals surface area contributed by atoms with Gasteiger partial charge in [-0.25, -0.2) is 4.79 Å². The highest BCUT2D eigenvalue weighted by Gasteiger charge is 2.65. The fourth-order valence-electron chi connectivity index (χ4n) is 10.3. The van der Waals surface area contributed by atoms with Gasteiger partial charge in [-0.2, -0.15) is 0 Å². The molecule has 4 aliphatic rings. The molecule has 0 bridgehead atoms. The van der Waals surface area contributed by atoms with Crippen molar-refractivity contribution in [3.8, 4) is 28.7 Å². The number of aliphatic hydroxyl groups is 2. The summed E-state index contributed by atoms with van der Waals surface area (Å²) >= 11 is 0. The van der Waals surface area contributed by atoms with Crippen LogP contribution in [0.3, 0.4) is 0 Å². The number of hydrogen-bond donors (Lipinski definition) is 2. The van der Waals surface area contributed by atoms with Crippen LogP contribution in [0.4, 0.5) is 4.79 Å². The lowest BCUT2D eigenvalue weighted by Gasteiger charge is -2.59. The molecule has 0 unspecified atom stereocenters. The van der Waals surface area contributed by atoms with Crippen LogP contribution in [-0.4, -0.2) is 85.7 Å². The quantitative estimate of drug-likeness (QED) is 0.0441. The molecule has 2 N–H and O–H groups in total. The summed E-state index contributed by atoms with van der Waals surface area (Å²) in [5, 5.41) is 24.7. The molecule has 356 valence electrons. The van der Waals surface area contributed by atoms with Crippen molar-refractivity contribution < 1.29 is 53.0 Å². The first-order valence-corrected chi connectivity index (χ1v) is 23.6. The summed E-state index contributed by atoms with van der Waals surface area (Å²) in [5.74, 6) is 1.06. The minimum atomic E-state index is -1.49. The van der Waals surface area contributed by atoms with Crippen molar-refractivity contribution in [2.24, 2.45) is 22.9 Å². The number of nitrogens with zero attached hydrogens (tertiary/aromatic N) is 2. The van der Waals surface area contributed by atoms with Crippen LogP contribution >= 0.6 is 0 Å². The molecule has 1 amide bonds. The van der Waals surface area contributed by atoms with Gasteiger partial charge in [-0.1, -0.05) is 72.6 Å². The fraction of sp³-hybridized carbons (Fsp3) is 0.444. The molecule has 1 fully saturated rings. The number of allylic oxidation sites excluding steroid dienone is 1.